The Kier molecular flexibility index (Phi) is 0.449. The Bertz CT molecular complexity index is 1540. The molecule has 10 fully saturated rings. The zero-order valence-electron chi connectivity index (χ0n) is 13.8. The summed E-state index contributed by atoms with van der Waals surface area (Å²) in [4.78, 5) is 24.0. The molecule has 128 valence electrons. The van der Waals surface area contributed by atoms with Crippen molar-refractivity contribution in [3.05, 3.63) is 40.2 Å². The number of benzene rings is 1. The molecule has 0 bridgehead atoms. The Morgan fingerprint density at radius 1 is 1.04 bits per heavy atom. The first-order chi connectivity index (χ1) is 12.0. The van der Waals surface area contributed by atoms with Crippen molar-refractivity contribution in [2.24, 2.45) is 0 Å². The standard InChI is InChI=1S/C16H13O3.C5H5.Fe/c1-2-18-12-7-8-15-13(9-12)14(17)10-16(19-15)11-5-3-4-6-11;1-2-4-5-3-1;/h3-10H,2H2,1H3;1-5H;. The van der Waals surface area contributed by atoms with Gasteiger partial charge in [0.15, 0.2) is 0 Å². The molecule has 1 aromatic carbocycles. The zero-order chi connectivity index (χ0) is 15.8. The van der Waals surface area contributed by atoms with E-state index in [1.165, 1.54) is 39.5 Å². The van der Waals surface area contributed by atoms with Crippen LogP contribution in [0, 0.1) is 0 Å². The van der Waals surface area contributed by atoms with Gasteiger partial charge in [-0.15, -0.1) is 0 Å². The predicted molar refractivity (Wildman–Crippen MR) is 89.1 cm³/mol. The van der Waals surface area contributed by atoms with Crippen LogP contribution in [0.4, 0.5) is 0 Å². The van der Waals surface area contributed by atoms with E-state index in [2.05, 4.69) is 0 Å². The maximum absolute atomic E-state index is 13.0. The molecule has 0 saturated carbocycles. The molecular weight excluding hydrogens is 356 g/mol. The van der Waals surface area contributed by atoms with Crippen LogP contribution in [-0.4, -0.2) is 6.61 Å². The van der Waals surface area contributed by atoms with Gasteiger partial charge < -0.3 is 0 Å². The van der Waals surface area contributed by atoms with Gasteiger partial charge in [0.1, 0.15) is 0 Å². The number of hydrogen-bond donors (Lipinski definition) is 0. The van der Waals surface area contributed by atoms with E-state index in [1.807, 2.05) is 31.2 Å². The van der Waals surface area contributed by atoms with Crippen molar-refractivity contribution in [3.63, 3.8) is 0 Å². The summed E-state index contributed by atoms with van der Waals surface area (Å²) in [7, 11) is 0. The molecule has 11 heterocycles. The van der Waals surface area contributed by atoms with Gasteiger partial charge in [0.25, 0.3) is 0 Å². The van der Waals surface area contributed by atoms with Crippen LogP contribution in [-0.2, 0) is 10.8 Å². The van der Waals surface area contributed by atoms with Crippen molar-refractivity contribution in [2.75, 3.05) is 6.61 Å². The molecule has 4 atom stereocenters. The first-order valence-electron chi connectivity index (χ1n) is 9.89. The number of fused-ring (bicyclic) bond motifs is 11. The summed E-state index contributed by atoms with van der Waals surface area (Å²) in [6.45, 7) is -0.668. The fourth-order valence-corrected chi connectivity index (χ4v) is 92.3. The van der Waals surface area contributed by atoms with E-state index in [1.54, 1.807) is 0 Å². The molecule has 0 amide bonds. The molecule has 10 aliphatic rings. The van der Waals surface area contributed by atoms with Crippen LogP contribution in [0.25, 0.3) is 11.0 Å². The molecule has 10 saturated heterocycles. The van der Waals surface area contributed by atoms with Crippen LogP contribution in [0.15, 0.2) is 33.5 Å². The van der Waals surface area contributed by atoms with Gasteiger partial charge in [0.2, 0.25) is 0 Å². The Balaban J connectivity index is 1.24. The molecule has 3 nitrogen and oxygen atoms in total. The van der Waals surface area contributed by atoms with Gasteiger partial charge in [-0.3, -0.25) is 0 Å². The second-order valence-electron chi connectivity index (χ2n) is 12.7. The minimum atomic E-state index is -3.26. The van der Waals surface area contributed by atoms with E-state index in [0.717, 1.165) is 21.0 Å². The van der Waals surface area contributed by atoms with Gasteiger partial charge in [-0.25, -0.2) is 0 Å². The van der Waals surface area contributed by atoms with Crippen LogP contribution < -0.4 is 10.2 Å². The number of rotatable bonds is 3. The fourth-order valence-electron chi connectivity index (χ4n) is 18.4. The second-order valence-corrected chi connectivity index (χ2v) is 36.3. The Labute approximate surface area is 134 Å². The van der Waals surface area contributed by atoms with Crippen molar-refractivity contribution in [2.45, 2.75) is 54.6 Å². The quantitative estimate of drug-likeness (QED) is 0.711. The van der Waals surface area contributed by atoms with Crippen molar-refractivity contribution in [1.29, 1.82) is 0 Å². The second kappa shape index (κ2) is 1.10. The zero-order valence-corrected chi connectivity index (χ0v) is 14.9. The van der Waals surface area contributed by atoms with E-state index in [9.17, 15) is 4.79 Å². The Morgan fingerprint density at radius 2 is 1.72 bits per heavy atom. The van der Waals surface area contributed by atoms with Gasteiger partial charge in [-0.2, -0.15) is 0 Å². The molecule has 10 aliphatic heterocycles. The molecule has 4 unspecified atom stereocenters. The first-order valence-corrected chi connectivity index (χ1v) is 16.2. The number of hydrogen-bond acceptors (Lipinski definition) is 3. The first kappa shape index (κ1) is 10.2. The Morgan fingerprint density at radius 3 is 2.24 bits per heavy atom. The normalized spacial score (nSPS) is 84.8. The van der Waals surface area contributed by atoms with E-state index < -0.39 is 6.51 Å². The molecule has 0 aliphatic carbocycles. The van der Waals surface area contributed by atoms with E-state index in [0.29, 0.717) is 16.3 Å². The average Bonchev–Trinajstić information content (AvgIpc) is 3.54. The minimum absolute atomic E-state index is 0.161. The fraction of sp³-hybridized carbons (Fsp3) is 0.571. The van der Waals surface area contributed by atoms with Crippen molar-refractivity contribution in [3.8, 4) is 5.75 Å². The van der Waals surface area contributed by atoms with Crippen LogP contribution in [0.3, 0.4) is 0 Å². The molecule has 0 N–H and O–H groups in total. The van der Waals surface area contributed by atoms with E-state index in [4.69, 9.17) is 9.15 Å². The summed E-state index contributed by atoms with van der Waals surface area (Å²) in [5, 5.41) is 0.696. The third-order valence-corrected chi connectivity index (χ3v) is 59.4. The van der Waals surface area contributed by atoms with Gasteiger partial charge in [0.05, 0.1) is 0 Å². The molecule has 1 aromatic heterocycles. The summed E-state index contributed by atoms with van der Waals surface area (Å²) in [6, 6.07) is 7.74. The summed E-state index contributed by atoms with van der Waals surface area (Å²) < 4.78 is 12.7. The molecule has 0 radical (unpaired) electrons. The van der Waals surface area contributed by atoms with Crippen LogP contribution in [0.1, 0.15) is 12.7 Å². The summed E-state index contributed by atoms with van der Waals surface area (Å²) in [5.41, 5.74) is 0.954. The maximum atomic E-state index is 13.0. The van der Waals surface area contributed by atoms with E-state index in [-0.39, 0.29) is 5.43 Å². The molecule has 1 spiro atoms. The molecule has 4 heteroatoms. The summed E-state index contributed by atoms with van der Waals surface area (Å²) in [5.74, 6) is 1.95. The van der Waals surface area contributed by atoms with Crippen LogP contribution in [0.5, 0.6) is 5.75 Å². The van der Waals surface area contributed by atoms with Gasteiger partial charge in [-0.1, -0.05) is 0 Å². The molecule has 25 heavy (non-hydrogen) atoms. The SMILES string of the molecule is CCOc1ccc2oc([C]34[CH]5[CH]6[CH]7[CH]3[Fe]6754389%10[CH]4[CH]3[CH]8[CH]9[CH]4%10)cc(=O)c2c1. The van der Waals surface area contributed by atoms with Crippen molar-refractivity contribution < 1.29 is 15.7 Å². The van der Waals surface area contributed by atoms with Crippen molar-refractivity contribution >= 4 is 11.0 Å². The van der Waals surface area contributed by atoms with Gasteiger partial charge in [0, 0.05) is 0 Å². The summed E-state index contributed by atoms with van der Waals surface area (Å²) in [6.07, 6.45) is 0. The Hall–Kier alpha value is -1.25. The predicted octanol–water partition coefficient (Wildman–Crippen LogP) is 4.99. The van der Waals surface area contributed by atoms with Crippen LogP contribution in [0.2, 0.25) is 43.3 Å². The van der Waals surface area contributed by atoms with Crippen LogP contribution >= 0.6 is 0 Å². The van der Waals surface area contributed by atoms with Crippen molar-refractivity contribution in [1.82, 2.24) is 0 Å². The van der Waals surface area contributed by atoms with Gasteiger partial charge >= 0.3 is 134 Å². The number of ether oxygens (including phenoxy) is 1. The third-order valence-electron chi connectivity index (χ3n) is 17.1. The van der Waals surface area contributed by atoms with Gasteiger partial charge in [-0.05, 0) is 0 Å². The summed E-state index contributed by atoms with van der Waals surface area (Å²) >= 11 is 0. The molecular formula is C21H18FeO3. The topological polar surface area (TPSA) is 39.4 Å². The molecule has 12 rings (SSSR count). The molecule has 2 aromatic rings. The third kappa shape index (κ3) is 0.162. The van der Waals surface area contributed by atoms with E-state index >= 15 is 0 Å². The average molecular weight is 374 g/mol. The monoisotopic (exact) mass is 374 g/mol.